The van der Waals surface area contributed by atoms with Gasteiger partial charge in [-0.1, -0.05) is 6.92 Å². The molecule has 3 heteroatoms. The summed E-state index contributed by atoms with van der Waals surface area (Å²) in [5.74, 6) is 0. The van der Waals surface area contributed by atoms with Crippen LogP contribution in [-0.2, 0) is 4.74 Å². The molecule has 0 aliphatic heterocycles. The molecule has 0 aliphatic carbocycles. The van der Waals surface area contributed by atoms with Gasteiger partial charge in [-0.05, 0) is 13.3 Å². The Bertz CT molecular complexity index is 82.5. The Morgan fingerprint density at radius 3 is 2.62 bits per heavy atom. The number of ether oxygens (including phenoxy) is 1. The quantitative estimate of drug-likeness (QED) is 0.577. The summed E-state index contributed by atoms with van der Waals surface area (Å²) < 4.78 is 4.43. The minimum Gasteiger partial charge on any atom is -0.446 e. The Morgan fingerprint density at radius 2 is 2.50 bits per heavy atom. The highest BCUT2D eigenvalue weighted by atomic mass is 16.6. The van der Waals surface area contributed by atoms with Gasteiger partial charge in [-0.15, -0.1) is 0 Å². The van der Waals surface area contributed by atoms with E-state index in [9.17, 15) is 4.79 Å². The standard InChI is InChI=1S/C5H10NO2/c1-3-4(2)8-5(6)7/h4H,2-3H2,1H3,(H2,6,7). The Kier molecular flexibility index (Phi) is 2.99. The summed E-state index contributed by atoms with van der Waals surface area (Å²) in [7, 11) is 0. The minimum atomic E-state index is -0.758. The summed E-state index contributed by atoms with van der Waals surface area (Å²) >= 11 is 0. The summed E-state index contributed by atoms with van der Waals surface area (Å²) in [5, 5.41) is 0. The van der Waals surface area contributed by atoms with Gasteiger partial charge < -0.3 is 10.5 Å². The normalized spacial score (nSPS) is 12.8. The van der Waals surface area contributed by atoms with E-state index in [1.165, 1.54) is 0 Å². The van der Waals surface area contributed by atoms with E-state index in [0.29, 0.717) is 6.42 Å². The summed E-state index contributed by atoms with van der Waals surface area (Å²) in [6, 6.07) is 0. The second-order valence-electron chi connectivity index (χ2n) is 1.47. The molecule has 0 heterocycles. The van der Waals surface area contributed by atoms with Crippen molar-refractivity contribution in [2.45, 2.75) is 19.4 Å². The van der Waals surface area contributed by atoms with Crippen molar-refractivity contribution >= 4 is 6.09 Å². The average Bonchev–Trinajstić information content (AvgIpc) is 1.65. The zero-order chi connectivity index (χ0) is 6.57. The van der Waals surface area contributed by atoms with E-state index in [2.05, 4.69) is 17.4 Å². The molecule has 0 aliphatic rings. The molecule has 8 heavy (non-hydrogen) atoms. The highest BCUT2D eigenvalue weighted by molar-refractivity contribution is 5.64. The lowest BCUT2D eigenvalue weighted by molar-refractivity contribution is 0.126. The van der Waals surface area contributed by atoms with Crippen molar-refractivity contribution in [1.82, 2.24) is 0 Å². The van der Waals surface area contributed by atoms with E-state index in [4.69, 9.17) is 0 Å². The van der Waals surface area contributed by atoms with E-state index in [0.717, 1.165) is 0 Å². The number of carbonyl (C=O) groups excluding carboxylic acids is 1. The van der Waals surface area contributed by atoms with Crippen molar-refractivity contribution in [3.8, 4) is 0 Å². The highest BCUT2D eigenvalue weighted by Crippen LogP contribution is 1.92. The fraction of sp³-hybridized carbons (Fsp3) is 0.600. The zero-order valence-corrected chi connectivity index (χ0v) is 4.89. The number of amides is 1. The van der Waals surface area contributed by atoms with Crippen LogP contribution in [0.15, 0.2) is 0 Å². The third-order valence-corrected chi connectivity index (χ3v) is 0.738. The van der Waals surface area contributed by atoms with Gasteiger partial charge in [-0.25, -0.2) is 4.79 Å². The molecule has 0 aromatic heterocycles. The Balaban J connectivity index is 3.24. The van der Waals surface area contributed by atoms with E-state index in [-0.39, 0.29) is 6.10 Å². The smallest absolute Gasteiger partial charge is 0.404 e. The number of hydrogen-bond acceptors (Lipinski definition) is 2. The van der Waals surface area contributed by atoms with Gasteiger partial charge in [0.15, 0.2) is 0 Å². The van der Waals surface area contributed by atoms with Gasteiger partial charge in [0.05, 0.1) is 0 Å². The van der Waals surface area contributed by atoms with Crippen LogP contribution in [0.3, 0.4) is 0 Å². The van der Waals surface area contributed by atoms with Crippen LogP contribution in [0.25, 0.3) is 0 Å². The van der Waals surface area contributed by atoms with Crippen LogP contribution < -0.4 is 5.73 Å². The summed E-state index contributed by atoms with van der Waals surface area (Å²) in [5.41, 5.74) is 4.67. The van der Waals surface area contributed by atoms with Crippen molar-refractivity contribution in [3.05, 3.63) is 6.92 Å². The average molecular weight is 116 g/mol. The maximum Gasteiger partial charge on any atom is 0.404 e. The van der Waals surface area contributed by atoms with Gasteiger partial charge >= 0.3 is 6.09 Å². The molecule has 0 saturated carbocycles. The minimum absolute atomic E-state index is 0.299. The van der Waals surface area contributed by atoms with Gasteiger partial charge in [0.1, 0.15) is 6.10 Å². The second-order valence-corrected chi connectivity index (χ2v) is 1.47. The lowest BCUT2D eigenvalue weighted by Crippen LogP contribution is -2.19. The molecule has 3 nitrogen and oxygen atoms in total. The molecule has 0 spiro atoms. The van der Waals surface area contributed by atoms with Gasteiger partial charge in [0, 0.05) is 0 Å². The topological polar surface area (TPSA) is 52.3 Å². The molecule has 2 N–H and O–H groups in total. The molecular formula is C5H10NO2. The van der Waals surface area contributed by atoms with Gasteiger partial charge in [-0.2, -0.15) is 0 Å². The third kappa shape index (κ3) is 3.46. The first-order valence-corrected chi connectivity index (χ1v) is 2.46. The number of primary amides is 1. The number of rotatable bonds is 2. The van der Waals surface area contributed by atoms with Crippen molar-refractivity contribution in [1.29, 1.82) is 0 Å². The number of carbonyl (C=O) groups is 1. The van der Waals surface area contributed by atoms with Crippen LogP contribution in [0.4, 0.5) is 4.79 Å². The van der Waals surface area contributed by atoms with Crippen LogP contribution in [-0.4, -0.2) is 12.2 Å². The molecule has 0 aromatic rings. The van der Waals surface area contributed by atoms with Crippen molar-refractivity contribution in [3.63, 3.8) is 0 Å². The van der Waals surface area contributed by atoms with Crippen LogP contribution in [0.2, 0.25) is 0 Å². The summed E-state index contributed by atoms with van der Waals surface area (Å²) in [4.78, 5) is 9.93. The molecular weight excluding hydrogens is 106 g/mol. The van der Waals surface area contributed by atoms with E-state index >= 15 is 0 Å². The molecule has 0 rings (SSSR count). The molecule has 1 atom stereocenters. The molecule has 0 saturated heterocycles. The number of nitrogens with two attached hydrogens (primary N) is 1. The first-order chi connectivity index (χ1) is 3.66. The lowest BCUT2D eigenvalue weighted by Gasteiger charge is -2.05. The first-order valence-electron chi connectivity index (χ1n) is 2.46. The summed E-state index contributed by atoms with van der Waals surface area (Å²) in [6.07, 6.45) is -0.359. The highest BCUT2D eigenvalue weighted by Gasteiger charge is 2.00. The fourth-order valence-electron chi connectivity index (χ4n) is 0.248. The monoisotopic (exact) mass is 116 g/mol. The predicted octanol–water partition coefficient (Wildman–Crippen LogP) is 0.694. The van der Waals surface area contributed by atoms with Gasteiger partial charge in [0.2, 0.25) is 0 Å². The molecule has 0 bridgehead atoms. The van der Waals surface area contributed by atoms with Crippen LogP contribution >= 0.6 is 0 Å². The third-order valence-electron chi connectivity index (χ3n) is 0.738. The maximum absolute atomic E-state index is 9.93. The van der Waals surface area contributed by atoms with Crippen molar-refractivity contribution in [2.24, 2.45) is 5.73 Å². The fourth-order valence-corrected chi connectivity index (χ4v) is 0.248. The molecule has 1 radical (unpaired) electrons. The Labute approximate surface area is 48.8 Å². The van der Waals surface area contributed by atoms with Crippen molar-refractivity contribution < 1.29 is 9.53 Å². The van der Waals surface area contributed by atoms with Gasteiger partial charge in [-0.3, -0.25) is 0 Å². The molecule has 0 fully saturated rings. The van der Waals surface area contributed by atoms with Crippen LogP contribution in [0, 0.1) is 6.92 Å². The first kappa shape index (κ1) is 7.27. The molecule has 1 unspecified atom stereocenters. The SMILES string of the molecule is [CH2]C(CC)OC(N)=O. The van der Waals surface area contributed by atoms with E-state index in [1.54, 1.807) is 0 Å². The van der Waals surface area contributed by atoms with E-state index < -0.39 is 6.09 Å². The van der Waals surface area contributed by atoms with Crippen LogP contribution in [0.1, 0.15) is 13.3 Å². The van der Waals surface area contributed by atoms with Crippen LogP contribution in [0.5, 0.6) is 0 Å². The zero-order valence-electron chi connectivity index (χ0n) is 4.89. The largest absolute Gasteiger partial charge is 0.446 e. The maximum atomic E-state index is 9.93. The molecule has 47 valence electrons. The Morgan fingerprint density at radius 1 is 2.00 bits per heavy atom. The summed E-state index contributed by atoms with van der Waals surface area (Å²) in [6.45, 7) is 5.34. The van der Waals surface area contributed by atoms with E-state index in [1.807, 2.05) is 6.92 Å². The predicted molar refractivity (Wildman–Crippen MR) is 30.1 cm³/mol. The van der Waals surface area contributed by atoms with Gasteiger partial charge in [0.25, 0.3) is 0 Å². The molecule has 0 aromatic carbocycles. The van der Waals surface area contributed by atoms with Crippen molar-refractivity contribution in [2.75, 3.05) is 0 Å². The second kappa shape index (κ2) is 3.29. The Hall–Kier alpha value is -0.730. The molecule has 1 amide bonds. The number of hydrogen-bond donors (Lipinski definition) is 1. The lowest BCUT2D eigenvalue weighted by atomic mass is 10.3.